The molecule has 15 heavy (non-hydrogen) atoms. The van der Waals surface area contributed by atoms with Crippen LogP contribution in [0.1, 0.15) is 38.5 Å². The number of nitrogens with zero attached hydrogens (tertiary/aromatic N) is 1. The lowest BCUT2D eigenvalue weighted by atomic mass is 10.0. The van der Waals surface area contributed by atoms with Gasteiger partial charge in [0.05, 0.1) is 0 Å². The highest BCUT2D eigenvalue weighted by Crippen LogP contribution is 2.23. The molecule has 1 saturated heterocycles. The minimum atomic E-state index is 0.922. The van der Waals surface area contributed by atoms with Gasteiger partial charge in [0.1, 0.15) is 6.29 Å². The van der Waals surface area contributed by atoms with Crippen LogP contribution in [0.15, 0.2) is 23.4 Å². The van der Waals surface area contributed by atoms with Crippen molar-refractivity contribution in [2.45, 2.75) is 38.5 Å². The number of carbonyl (C=O) groups is 1. The van der Waals surface area contributed by atoms with E-state index in [1.165, 1.54) is 44.5 Å². The van der Waals surface area contributed by atoms with Crippen LogP contribution in [0.2, 0.25) is 0 Å². The van der Waals surface area contributed by atoms with Crippen molar-refractivity contribution >= 4 is 6.29 Å². The van der Waals surface area contributed by atoms with E-state index in [0.29, 0.717) is 0 Å². The number of likely N-dealkylation sites (tertiary alicyclic amines) is 1. The zero-order valence-corrected chi connectivity index (χ0v) is 9.24. The predicted molar refractivity (Wildman–Crippen MR) is 61.5 cm³/mol. The van der Waals surface area contributed by atoms with E-state index in [9.17, 15) is 4.79 Å². The highest BCUT2D eigenvalue weighted by Gasteiger charge is 2.14. The molecule has 0 unspecified atom stereocenters. The van der Waals surface area contributed by atoms with E-state index in [-0.39, 0.29) is 0 Å². The van der Waals surface area contributed by atoms with Crippen LogP contribution in [0, 0.1) is 0 Å². The van der Waals surface area contributed by atoms with Crippen molar-refractivity contribution < 1.29 is 4.79 Å². The van der Waals surface area contributed by atoms with Crippen LogP contribution in [0.5, 0.6) is 0 Å². The van der Waals surface area contributed by atoms with E-state index < -0.39 is 0 Å². The van der Waals surface area contributed by atoms with E-state index >= 15 is 0 Å². The molecule has 1 fully saturated rings. The topological polar surface area (TPSA) is 20.3 Å². The summed E-state index contributed by atoms with van der Waals surface area (Å²) in [5.74, 6) is 0. The Morgan fingerprint density at radius 2 is 1.73 bits per heavy atom. The van der Waals surface area contributed by atoms with Gasteiger partial charge in [-0.05, 0) is 37.3 Å². The van der Waals surface area contributed by atoms with Crippen molar-refractivity contribution in [1.29, 1.82) is 0 Å². The Balaban J connectivity index is 2.00. The van der Waals surface area contributed by atoms with Crippen LogP contribution in [-0.2, 0) is 4.79 Å². The maximum absolute atomic E-state index is 10.6. The molecule has 0 aromatic rings. The molecule has 0 amide bonds. The zero-order chi connectivity index (χ0) is 10.5. The lowest BCUT2D eigenvalue weighted by Gasteiger charge is -2.27. The van der Waals surface area contributed by atoms with Gasteiger partial charge in [-0.15, -0.1) is 0 Å². The maximum Gasteiger partial charge on any atom is 0.146 e. The first-order chi connectivity index (χ1) is 7.40. The van der Waals surface area contributed by atoms with E-state index in [4.69, 9.17) is 0 Å². The first kappa shape index (κ1) is 10.5. The number of hydrogen-bond acceptors (Lipinski definition) is 2. The third-order valence-corrected chi connectivity index (χ3v) is 3.32. The van der Waals surface area contributed by atoms with Crippen LogP contribution in [-0.4, -0.2) is 24.3 Å². The standard InChI is InChI=1S/C13H19NO/c15-11-12-5-7-13(8-6-12)14-9-3-1-2-4-10-14/h5,7,11H,1-4,6,8-10H2. The summed E-state index contributed by atoms with van der Waals surface area (Å²) in [7, 11) is 0. The summed E-state index contributed by atoms with van der Waals surface area (Å²) in [4.78, 5) is 13.1. The molecule has 82 valence electrons. The van der Waals surface area contributed by atoms with Crippen molar-refractivity contribution in [3.63, 3.8) is 0 Å². The van der Waals surface area contributed by atoms with E-state index in [1.54, 1.807) is 0 Å². The number of aldehydes is 1. The SMILES string of the molecule is O=CC1=CC=C(N2CCCCCC2)CC1. The fourth-order valence-corrected chi connectivity index (χ4v) is 2.36. The normalized spacial score (nSPS) is 22.8. The Bertz CT molecular complexity index is 283. The quantitative estimate of drug-likeness (QED) is 0.646. The monoisotopic (exact) mass is 205 g/mol. The molecule has 1 aliphatic carbocycles. The molecule has 0 saturated carbocycles. The Morgan fingerprint density at radius 1 is 1.00 bits per heavy atom. The number of allylic oxidation sites excluding steroid dienone is 4. The maximum atomic E-state index is 10.6. The van der Waals surface area contributed by atoms with Crippen LogP contribution in [0.3, 0.4) is 0 Å². The summed E-state index contributed by atoms with van der Waals surface area (Å²) in [5, 5.41) is 0. The van der Waals surface area contributed by atoms with Gasteiger partial charge < -0.3 is 4.90 Å². The minimum absolute atomic E-state index is 0.922. The van der Waals surface area contributed by atoms with Crippen LogP contribution >= 0.6 is 0 Å². The third kappa shape index (κ3) is 2.71. The average Bonchev–Trinajstić information content (AvgIpc) is 2.58. The summed E-state index contributed by atoms with van der Waals surface area (Å²) in [5.41, 5.74) is 2.37. The van der Waals surface area contributed by atoms with Gasteiger partial charge in [0.25, 0.3) is 0 Å². The van der Waals surface area contributed by atoms with Gasteiger partial charge in [-0.3, -0.25) is 4.79 Å². The molecule has 0 aromatic carbocycles. The lowest BCUT2D eigenvalue weighted by Crippen LogP contribution is -2.24. The van der Waals surface area contributed by atoms with Gasteiger partial charge in [-0.25, -0.2) is 0 Å². The first-order valence-corrected chi connectivity index (χ1v) is 6.00. The second-order valence-electron chi connectivity index (χ2n) is 4.42. The van der Waals surface area contributed by atoms with Crippen molar-refractivity contribution in [2.75, 3.05) is 13.1 Å². The van der Waals surface area contributed by atoms with Crippen molar-refractivity contribution in [3.05, 3.63) is 23.4 Å². The third-order valence-electron chi connectivity index (χ3n) is 3.32. The highest BCUT2D eigenvalue weighted by atomic mass is 16.1. The number of hydrogen-bond donors (Lipinski definition) is 0. The van der Waals surface area contributed by atoms with Crippen molar-refractivity contribution in [3.8, 4) is 0 Å². The highest BCUT2D eigenvalue weighted by molar-refractivity contribution is 5.74. The zero-order valence-electron chi connectivity index (χ0n) is 9.24. The molecule has 2 heteroatoms. The minimum Gasteiger partial charge on any atom is -0.375 e. The molecule has 0 atom stereocenters. The second kappa shape index (κ2) is 5.15. The van der Waals surface area contributed by atoms with Gasteiger partial charge in [-0.2, -0.15) is 0 Å². The Morgan fingerprint density at radius 3 is 2.27 bits per heavy atom. The molecule has 0 spiro atoms. The Hall–Kier alpha value is -1.05. The number of carbonyl (C=O) groups excluding carboxylic acids is 1. The molecular formula is C13H19NO. The predicted octanol–water partition coefficient (Wildman–Crippen LogP) is 2.67. The molecular weight excluding hydrogens is 186 g/mol. The van der Waals surface area contributed by atoms with Gasteiger partial charge in [0.2, 0.25) is 0 Å². The molecule has 0 aromatic heterocycles. The summed E-state index contributed by atoms with van der Waals surface area (Å²) in [6.07, 6.45) is 12.5. The van der Waals surface area contributed by atoms with Crippen molar-refractivity contribution in [2.24, 2.45) is 0 Å². The summed E-state index contributed by atoms with van der Waals surface area (Å²) < 4.78 is 0. The fourth-order valence-electron chi connectivity index (χ4n) is 2.36. The second-order valence-corrected chi connectivity index (χ2v) is 4.42. The van der Waals surface area contributed by atoms with Crippen LogP contribution in [0.25, 0.3) is 0 Å². The van der Waals surface area contributed by atoms with Gasteiger partial charge in [0.15, 0.2) is 0 Å². The molecule has 0 radical (unpaired) electrons. The first-order valence-electron chi connectivity index (χ1n) is 6.00. The van der Waals surface area contributed by atoms with Gasteiger partial charge >= 0.3 is 0 Å². The molecule has 1 aliphatic heterocycles. The van der Waals surface area contributed by atoms with E-state index in [1.807, 2.05) is 6.08 Å². The summed E-state index contributed by atoms with van der Waals surface area (Å²) in [6, 6.07) is 0. The van der Waals surface area contributed by atoms with Crippen molar-refractivity contribution in [1.82, 2.24) is 4.90 Å². The van der Waals surface area contributed by atoms with Gasteiger partial charge in [-0.1, -0.05) is 18.9 Å². The Kier molecular flexibility index (Phi) is 3.59. The van der Waals surface area contributed by atoms with Crippen LogP contribution in [0.4, 0.5) is 0 Å². The van der Waals surface area contributed by atoms with Crippen LogP contribution < -0.4 is 0 Å². The molecule has 1 heterocycles. The largest absolute Gasteiger partial charge is 0.375 e. The number of rotatable bonds is 2. The molecule has 2 aliphatic rings. The van der Waals surface area contributed by atoms with E-state index in [0.717, 1.165) is 24.7 Å². The fraction of sp³-hybridized carbons (Fsp3) is 0.615. The average molecular weight is 205 g/mol. The molecule has 2 nitrogen and oxygen atoms in total. The Labute approximate surface area is 91.6 Å². The smallest absolute Gasteiger partial charge is 0.146 e. The molecule has 0 N–H and O–H groups in total. The van der Waals surface area contributed by atoms with E-state index in [2.05, 4.69) is 11.0 Å². The van der Waals surface area contributed by atoms with Gasteiger partial charge in [0, 0.05) is 18.8 Å². The molecule has 2 rings (SSSR count). The lowest BCUT2D eigenvalue weighted by molar-refractivity contribution is -0.105. The summed E-state index contributed by atoms with van der Waals surface area (Å²) in [6.45, 7) is 2.41. The molecule has 0 bridgehead atoms. The summed E-state index contributed by atoms with van der Waals surface area (Å²) >= 11 is 0.